The highest BCUT2D eigenvalue weighted by Gasteiger charge is 2.36. The normalized spacial score (nSPS) is 30.4. The zero-order chi connectivity index (χ0) is 12.7. The number of Topliss-reactive ketones (excluding diaryl/α,β-unsaturated/α-hetero) is 1. The molecule has 0 radical (unpaired) electrons. The summed E-state index contributed by atoms with van der Waals surface area (Å²) in [6.45, 7) is 9.35. The topological polar surface area (TPSA) is 23.6 Å². The predicted octanol–water partition coefficient (Wildman–Crippen LogP) is 1.49. The van der Waals surface area contributed by atoms with Gasteiger partial charge in [-0.3, -0.25) is 14.6 Å². The summed E-state index contributed by atoms with van der Waals surface area (Å²) < 4.78 is 0. The SMILES string of the molecule is Cc1cc(C)cc(C(=O)C2CN3CCN2CC3)c1. The molecule has 0 amide bonds. The first-order chi connectivity index (χ1) is 8.63. The van der Waals surface area contributed by atoms with Crippen LogP contribution < -0.4 is 0 Å². The third-order valence-electron chi connectivity index (χ3n) is 4.09. The zero-order valence-electron chi connectivity index (χ0n) is 11.1. The molecule has 0 N–H and O–H groups in total. The van der Waals surface area contributed by atoms with Crippen molar-refractivity contribution >= 4 is 5.78 Å². The zero-order valence-corrected chi connectivity index (χ0v) is 11.1. The summed E-state index contributed by atoms with van der Waals surface area (Å²) in [6, 6.07) is 6.24. The second kappa shape index (κ2) is 4.48. The van der Waals surface area contributed by atoms with Crippen LogP contribution in [0.15, 0.2) is 18.2 Å². The first-order valence-electron chi connectivity index (χ1n) is 6.72. The molecule has 3 aliphatic rings. The number of hydrogen-bond acceptors (Lipinski definition) is 3. The van der Waals surface area contributed by atoms with Crippen LogP contribution in [0.1, 0.15) is 21.5 Å². The maximum Gasteiger partial charge on any atom is 0.181 e. The van der Waals surface area contributed by atoms with E-state index in [2.05, 4.69) is 29.7 Å². The summed E-state index contributed by atoms with van der Waals surface area (Å²) in [5.74, 6) is 0.297. The van der Waals surface area contributed by atoms with E-state index >= 15 is 0 Å². The molecule has 1 atom stereocenters. The molecule has 1 aromatic carbocycles. The molecule has 3 saturated heterocycles. The van der Waals surface area contributed by atoms with E-state index in [9.17, 15) is 4.79 Å². The Labute approximate surface area is 108 Å². The second-order valence-corrected chi connectivity index (χ2v) is 5.59. The van der Waals surface area contributed by atoms with E-state index < -0.39 is 0 Å². The quantitative estimate of drug-likeness (QED) is 0.736. The van der Waals surface area contributed by atoms with E-state index in [4.69, 9.17) is 0 Å². The summed E-state index contributed by atoms with van der Waals surface area (Å²) in [5.41, 5.74) is 3.23. The molecule has 0 saturated carbocycles. The van der Waals surface area contributed by atoms with Crippen molar-refractivity contribution in [3.8, 4) is 0 Å². The van der Waals surface area contributed by atoms with E-state index in [1.165, 1.54) is 11.1 Å². The number of piperazine rings is 3. The number of hydrogen-bond donors (Lipinski definition) is 0. The van der Waals surface area contributed by atoms with Crippen LogP contribution in [0.2, 0.25) is 0 Å². The molecular formula is C15H20N2O. The molecule has 1 unspecified atom stereocenters. The maximum atomic E-state index is 12.6. The van der Waals surface area contributed by atoms with Gasteiger partial charge in [-0.2, -0.15) is 0 Å². The Morgan fingerprint density at radius 2 is 1.67 bits per heavy atom. The van der Waals surface area contributed by atoms with Crippen molar-refractivity contribution in [3.63, 3.8) is 0 Å². The first-order valence-corrected chi connectivity index (χ1v) is 6.72. The average molecular weight is 244 g/mol. The molecular weight excluding hydrogens is 224 g/mol. The Morgan fingerprint density at radius 3 is 2.17 bits per heavy atom. The summed E-state index contributed by atoms with van der Waals surface area (Å²) >= 11 is 0. The van der Waals surface area contributed by atoms with Gasteiger partial charge >= 0.3 is 0 Å². The Balaban J connectivity index is 1.86. The smallest absolute Gasteiger partial charge is 0.181 e. The van der Waals surface area contributed by atoms with E-state index in [0.717, 1.165) is 38.3 Å². The molecule has 0 spiro atoms. The maximum absolute atomic E-state index is 12.6. The van der Waals surface area contributed by atoms with Crippen LogP contribution in [0.3, 0.4) is 0 Å². The van der Waals surface area contributed by atoms with Crippen LogP contribution >= 0.6 is 0 Å². The third-order valence-corrected chi connectivity index (χ3v) is 4.09. The fourth-order valence-electron chi connectivity index (χ4n) is 3.18. The highest BCUT2D eigenvalue weighted by Crippen LogP contribution is 2.20. The van der Waals surface area contributed by atoms with Gasteiger partial charge in [0.25, 0.3) is 0 Å². The van der Waals surface area contributed by atoms with Gasteiger partial charge in [-0.15, -0.1) is 0 Å². The summed E-state index contributed by atoms with van der Waals surface area (Å²) in [7, 11) is 0. The molecule has 3 nitrogen and oxygen atoms in total. The Morgan fingerprint density at radius 1 is 1.06 bits per heavy atom. The van der Waals surface area contributed by atoms with Gasteiger partial charge in [0.15, 0.2) is 5.78 Å². The highest BCUT2D eigenvalue weighted by molar-refractivity contribution is 6.00. The van der Waals surface area contributed by atoms with Gasteiger partial charge in [-0.05, 0) is 26.0 Å². The Hall–Kier alpha value is -1.19. The summed E-state index contributed by atoms with van der Waals surface area (Å²) in [5, 5.41) is 0. The van der Waals surface area contributed by atoms with Gasteiger partial charge in [-0.25, -0.2) is 0 Å². The summed E-state index contributed by atoms with van der Waals surface area (Å²) in [4.78, 5) is 17.4. The van der Waals surface area contributed by atoms with E-state index in [1.807, 2.05) is 12.1 Å². The van der Waals surface area contributed by atoms with Gasteiger partial charge in [0, 0.05) is 38.3 Å². The lowest BCUT2D eigenvalue weighted by Gasteiger charge is -2.46. The van der Waals surface area contributed by atoms with Crippen molar-refractivity contribution in [2.45, 2.75) is 19.9 Å². The van der Waals surface area contributed by atoms with Crippen LogP contribution in [0.5, 0.6) is 0 Å². The number of carbonyl (C=O) groups is 1. The van der Waals surface area contributed by atoms with Gasteiger partial charge in [0.05, 0.1) is 6.04 Å². The van der Waals surface area contributed by atoms with E-state index in [0.29, 0.717) is 5.78 Å². The lowest BCUT2D eigenvalue weighted by molar-refractivity contribution is 0.0159. The molecule has 0 aromatic heterocycles. The molecule has 3 heterocycles. The molecule has 0 aliphatic carbocycles. The van der Waals surface area contributed by atoms with Crippen LogP contribution in [-0.2, 0) is 0 Å². The predicted molar refractivity (Wildman–Crippen MR) is 72.0 cm³/mol. The number of benzene rings is 1. The van der Waals surface area contributed by atoms with Crippen molar-refractivity contribution in [2.75, 3.05) is 32.7 Å². The Bertz CT molecular complexity index is 455. The summed E-state index contributed by atoms with van der Waals surface area (Å²) in [6.07, 6.45) is 0. The lowest BCUT2D eigenvalue weighted by Crippen LogP contribution is -2.63. The Kier molecular flexibility index (Phi) is 2.96. The fraction of sp³-hybridized carbons (Fsp3) is 0.533. The van der Waals surface area contributed by atoms with Crippen molar-refractivity contribution in [3.05, 3.63) is 34.9 Å². The monoisotopic (exact) mass is 244 g/mol. The number of rotatable bonds is 2. The minimum atomic E-state index is 0.0775. The minimum absolute atomic E-state index is 0.0775. The van der Waals surface area contributed by atoms with Crippen LogP contribution in [0, 0.1) is 13.8 Å². The lowest BCUT2D eigenvalue weighted by atomic mass is 9.96. The number of carbonyl (C=O) groups excluding carboxylic acids is 1. The number of fused-ring (bicyclic) bond motifs is 3. The number of aryl methyl sites for hydroxylation is 2. The number of nitrogens with zero attached hydrogens (tertiary/aromatic N) is 2. The van der Waals surface area contributed by atoms with Crippen molar-refractivity contribution in [2.24, 2.45) is 0 Å². The molecule has 18 heavy (non-hydrogen) atoms. The van der Waals surface area contributed by atoms with Crippen LogP contribution in [0.25, 0.3) is 0 Å². The highest BCUT2D eigenvalue weighted by atomic mass is 16.1. The van der Waals surface area contributed by atoms with Crippen molar-refractivity contribution in [1.82, 2.24) is 9.80 Å². The van der Waals surface area contributed by atoms with Crippen molar-refractivity contribution in [1.29, 1.82) is 0 Å². The van der Waals surface area contributed by atoms with Gasteiger partial charge in [0.1, 0.15) is 0 Å². The second-order valence-electron chi connectivity index (χ2n) is 5.59. The van der Waals surface area contributed by atoms with Gasteiger partial charge in [0.2, 0.25) is 0 Å². The standard InChI is InChI=1S/C15H20N2O/c1-11-7-12(2)9-13(8-11)15(18)14-10-16-3-5-17(14)6-4-16/h7-9,14H,3-6,10H2,1-2H3. The fourth-order valence-corrected chi connectivity index (χ4v) is 3.18. The number of ketones is 1. The van der Waals surface area contributed by atoms with Crippen LogP contribution in [0.4, 0.5) is 0 Å². The van der Waals surface area contributed by atoms with Crippen LogP contribution in [-0.4, -0.2) is 54.3 Å². The molecule has 3 fully saturated rings. The molecule has 4 rings (SSSR count). The van der Waals surface area contributed by atoms with Gasteiger partial charge < -0.3 is 0 Å². The molecule has 96 valence electrons. The molecule has 3 aliphatic heterocycles. The largest absolute Gasteiger partial charge is 0.299 e. The van der Waals surface area contributed by atoms with Gasteiger partial charge in [-0.1, -0.05) is 17.2 Å². The average Bonchev–Trinajstić information content (AvgIpc) is 2.38. The molecule has 2 bridgehead atoms. The third kappa shape index (κ3) is 2.08. The molecule has 3 heteroatoms. The first kappa shape index (κ1) is 11.9. The van der Waals surface area contributed by atoms with E-state index in [-0.39, 0.29) is 6.04 Å². The molecule has 1 aromatic rings. The van der Waals surface area contributed by atoms with Crippen molar-refractivity contribution < 1.29 is 4.79 Å². The van der Waals surface area contributed by atoms with E-state index in [1.54, 1.807) is 0 Å². The minimum Gasteiger partial charge on any atom is -0.299 e.